The Balaban J connectivity index is 2.48. The highest BCUT2D eigenvalue weighted by molar-refractivity contribution is 5.95. The molecule has 0 atom stereocenters. The van der Waals surface area contributed by atoms with Gasteiger partial charge >= 0.3 is 5.63 Å². The normalized spacial score (nSPS) is 10.6. The van der Waals surface area contributed by atoms with E-state index in [9.17, 15) is 35.6 Å². The molecule has 0 radical (unpaired) electrons. The highest BCUT2D eigenvalue weighted by atomic mass is 16.4. The zero-order chi connectivity index (χ0) is 17.6. The average molecular weight is 327 g/mol. The van der Waals surface area contributed by atoms with Crippen LogP contribution in [0.2, 0.25) is 0 Å². The number of phenols is 5. The molecule has 0 spiro atoms. The fourth-order valence-electron chi connectivity index (χ4n) is 2.35. The molecule has 8 heteroatoms. The van der Waals surface area contributed by atoms with Crippen LogP contribution < -0.4 is 5.63 Å². The monoisotopic (exact) mass is 327 g/mol. The summed E-state index contributed by atoms with van der Waals surface area (Å²) in [6.07, 6.45) is 0. The first-order valence-electron chi connectivity index (χ1n) is 6.52. The number of nitrogens with zero attached hydrogens (tertiary/aromatic N) is 1. The van der Waals surface area contributed by atoms with Crippen LogP contribution in [0.15, 0.2) is 33.5 Å². The quantitative estimate of drug-likeness (QED) is 0.335. The number of hydrogen-bond acceptors (Lipinski definition) is 8. The van der Waals surface area contributed by atoms with Gasteiger partial charge in [0.1, 0.15) is 6.07 Å². The minimum absolute atomic E-state index is 0.0876. The minimum atomic E-state index is -1.01. The Kier molecular flexibility index (Phi) is 3.20. The summed E-state index contributed by atoms with van der Waals surface area (Å²) in [5.41, 5.74) is -1.85. The molecule has 0 aliphatic rings. The van der Waals surface area contributed by atoms with Gasteiger partial charge in [0.05, 0.1) is 11.1 Å². The molecular weight excluding hydrogens is 318 g/mol. The first-order chi connectivity index (χ1) is 11.3. The third-order valence-electron chi connectivity index (χ3n) is 3.50. The molecule has 8 nitrogen and oxygen atoms in total. The molecule has 0 aliphatic carbocycles. The second kappa shape index (κ2) is 5.10. The van der Waals surface area contributed by atoms with E-state index in [1.54, 1.807) is 6.07 Å². The van der Waals surface area contributed by atoms with Gasteiger partial charge in [0.25, 0.3) is 0 Å². The molecule has 0 unspecified atom stereocenters. The zero-order valence-electron chi connectivity index (χ0n) is 11.8. The zero-order valence-corrected chi connectivity index (χ0v) is 11.8. The van der Waals surface area contributed by atoms with Gasteiger partial charge in [-0.1, -0.05) is 6.07 Å². The predicted octanol–water partition coefficient (Wildman–Crippen LogP) is 1.86. The van der Waals surface area contributed by atoms with Crippen molar-refractivity contribution in [2.75, 3.05) is 0 Å². The maximum atomic E-state index is 12.2. The second-order valence-corrected chi connectivity index (χ2v) is 4.92. The first-order valence-corrected chi connectivity index (χ1v) is 6.52. The summed E-state index contributed by atoms with van der Waals surface area (Å²) in [5, 5.41) is 57.2. The average Bonchev–Trinajstić information content (AvgIpc) is 2.55. The molecule has 3 aromatic rings. The number of benzene rings is 2. The fourth-order valence-corrected chi connectivity index (χ4v) is 2.35. The molecule has 0 amide bonds. The summed E-state index contributed by atoms with van der Waals surface area (Å²) < 4.78 is 4.95. The summed E-state index contributed by atoms with van der Waals surface area (Å²) in [6.45, 7) is 0. The lowest BCUT2D eigenvalue weighted by molar-refractivity contribution is 0.365. The molecule has 0 aliphatic heterocycles. The van der Waals surface area contributed by atoms with E-state index in [4.69, 9.17) is 4.42 Å². The minimum Gasteiger partial charge on any atom is -0.504 e. The van der Waals surface area contributed by atoms with Crippen molar-refractivity contribution in [2.24, 2.45) is 0 Å². The number of nitriles is 1. The largest absolute Gasteiger partial charge is 0.504 e. The van der Waals surface area contributed by atoms with Gasteiger partial charge in [0.2, 0.25) is 11.5 Å². The lowest BCUT2D eigenvalue weighted by Crippen LogP contribution is -2.06. The standard InChI is InChI=1S/C16H9NO7/c17-5-8-7-4-11(20)13(21)14(22)15(7)24-16(23)12(8)6-1-2-9(18)10(19)3-6/h1-4,18-22H. The molecular formula is C16H9NO7. The molecule has 1 heterocycles. The Morgan fingerprint density at radius 1 is 0.917 bits per heavy atom. The van der Waals surface area contributed by atoms with Gasteiger partial charge in [-0.3, -0.25) is 0 Å². The summed E-state index contributed by atoms with van der Waals surface area (Å²) >= 11 is 0. The summed E-state index contributed by atoms with van der Waals surface area (Å²) in [7, 11) is 0. The van der Waals surface area contributed by atoms with Gasteiger partial charge in [0, 0.05) is 5.39 Å². The van der Waals surface area contributed by atoms with Crippen LogP contribution in [-0.4, -0.2) is 25.5 Å². The third kappa shape index (κ3) is 2.04. The van der Waals surface area contributed by atoms with Gasteiger partial charge in [-0.2, -0.15) is 5.26 Å². The number of rotatable bonds is 1. The maximum Gasteiger partial charge on any atom is 0.345 e. The smallest absolute Gasteiger partial charge is 0.345 e. The lowest BCUT2D eigenvalue weighted by Gasteiger charge is -2.09. The van der Waals surface area contributed by atoms with Crippen molar-refractivity contribution in [2.45, 2.75) is 0 Å². The van der Waals surface area contributed by atoms with E-state index in [1.807, 2.05) is 0 Å². The highest BCUT2D eigenvalue weighted by Gasteiger charge is 2.22. The molecule has 0 saturated carbocycles. The van der Waals surface area contributed by atoms with Crippen LogP contribution in [0.5, 0.6) is 28.7 Å². The third-order valence-corrected chi connectivity index (χ3v) is 3.50. The molecule has 5 N–H and O–H groups in total. The topological polar surface area (TPSA) is 155 Å². The second-order valence-electron chi connectivity index (χ2n) is 4.92. The molecule has 0 saturated heterocycles. The first kappa shape index (κ1) is 15.1. The van der Waals surface area contributed by atoms with E-state index in [2.05, 4.69) is 0 Å². The van der Waals surface area contributed by atoms with Gasteiger partial charge in [-0.05, 0) is 23.8 Å². The van der Waals surface area contributed by atoms with Crippen molar-refractivity contribution in [3.63, 3.8) is 0 Å². The number of hydrogen-bond donors (Lipinski definition) is 5. The van der Waals surface area contributed by atoms with Gasteiger partial charge in [0.15, 0.2) is 22.8 Å². The van der Waals surface area contributed by atoms with Crippen LogP contribution in [0.25, 0.3) is 22.1 Å². The SMILES string of the molecule is N#Cc1c(-c2ccc(O)c(O)c2)c(=O)oc2c(O)c(O)c(O)cc12. The van der Waals surface area contributed by atoms with Crippen molar-refractivity contribution >= 4 is 11.0 Å². The summed E-state index contributed by atoms with van der Waals surface area (Å²) in [6, 6.07) is 6.22. The van der Waals surface area contributed by atoms with Crippen molar-refractivity contribution in [3.8, 4) is 45.9 Å². The highest BCUT2D eigenvalue weighted by Crippen LogP contribution is 2.43. The van der Waals surface area contributed by atoms with Gasteiger partial charge in [-0.25, -0.2) is 4.79 Å². The fraction of sp³-hybridized carbons (Fsp3) is 0. The number of fused-ring (bicyclic) bond motifs is 1. The van der Waals surface area contributed by atoms with Crippen molar-refractivity contribution in [3.05, 3.63) is 40.2 Å². The van der Waals surface area contributed by atoms with E-state index in [-0.39, 0.29) is 22.1 Å². The van der Waals surface area contributed by atoms with Crippen LogP contribution in [0.3, 0.4) is 0 Å². The van der Waals surface area contributed by atoms with Crippen LogP contribution in [-0.2, 0) is 0 Å². The Morgan fingerprint density at radius 2 is 1.62 bits per heavy atom. The van der Waals surface area contributed by atoms with Gasteiger partial charge < -0.3 is 29.9 Å². The van der Waals surface area contributed by atoms with Crippen molar-refractivity contribution in [1.29, 1.82) is 5.26 Å². The van der Waals surface area contributed by atoms with Crippen molar-refractivity contribution in [1.82, 2.24) is 0 Å². The molecule has 1 aromatic heterocycles. The summed E-state index contributed by atoms with van der Waals surface area (Å²) in [5.74, 6) is -3.39. The van der Waals surface area contributed by atoms with Crippen LogP contribution in [0.4, 0.5) is 0 Å². The lowest BCUT2D eigenvalue weighted by atomic mass is 9.98. The van der Waals surface area contributed by atoms with E-state index >= 15 is 0 Å². The number of phenolic OH excluding ortho intramolecular Hbond substituents is 5. The van der Waals surface area contributed by atoms with E-state index < -0.39 is 40.0 Å². The Hall–Kier alpha value is -3.86. The molecule has 3 rings (SSSR count). The number of aromatic hydroxyl groups is 5. The Bertz CT molecular complexity index is 1090. The molecule has 24 heavy (non-hydrogen) atoms. The molecule has 2 aromatic carbocycles. The Morgan fingerprint density at radius 3 is 2.25 bits per heavy atom. The van der Waals surface area contributed by atoms with Crippen LogP contribution in [0, 0.1) is 11.3 Å². The molecule has 0 bridgehead atoms. The van der Waals surface area contributed by atoms with E-state index in [1.165, 1.54) is 6.07 Å². The van der Waals surface area contributed by atoms with Crippen LogP contribution in [0.1, 0.15) is 5.56 Å². The van der Waals surface area contributed by atoms with Gasteiger partial charge in [-0.15, -0.1) is 0 Å². The maximum absolute atomic E-state index is 12.2. The molecule has 0 fully saturated rings. The van der Waals surface area contributed by atoms with Crippen LogP contribution >= 0.6 is 0 Å². The van der Waals surface area contributed by atoms with E-state index in [0.717, 1.165) is 18.2 Å². The van der Waals surface area contributed by atoms with E-state index in [0.29, 0.717) is 0 Å². The Labute approximate surface area is 133 Å². The molecule has 120 valence electrons. The van der Waals surface area contributed by atoms with Crippen molar-refractivity contribution < 1.29 is 29.9 Å². The summed E-state index contributed by atoms with van der Waals surface area (Å²) in [4.78, 5) is 12.2. The predicted molar refractivity (Wildman–Crippen MR) is 81.0 cm³/mol.